The van der Waals surface area contributed by atoms with Crippen molar-refractivity contribution in [2.24, 2.45) is 23.7 Å². The van der Waals surface area contributed by atoms with Crippen LogP contribution in [0.5, 0.6) is 0 Å². The lowest BCUT2D eigenvalue weighted by atomic mass is 9.65. The minimum atomic E-state index is 0.569. The molecule has 1 aromatic carbocycles. The van der Waals surface area contributed by atoms with E-state index in [1.807, 2.05) is 6.07 Å². The molecule has 0 aromatic heterocycles. The van der Waals surface area contributed by atoms with E-state index in [4.69, 9.17) is 27.9 Å². The van der Waals surface area contributed by atoms with Crippen molar-refractivity contribution in [3.8, 4) is 0 Å². The van der Waals surface area contributed by atoms with Crippen LogP contribution in [0.3, 0.4) is 0 Å². The number of hydrogen-bond acceptors (Lipinski definition) is 1. The normalized spacial score (nSPS) is 35.1. The standard InChI is InChI=1S/C18H24Cl2O/c1-3-21-10-16-14-6-4-12(11(14)2)8-15(16)13-5-7-17(19)18(20)9-13/h5,7,9,11-12,14-16H,3-4,6,8,10H2,1-2H3/t11?,12?,14?,15-,16+/m1/s1. The molecular formula is C18H24Cl2O. The van der Waals surface area contributed by atoms with Crippen molar-refractivity contribution in [2.45, 2.75) is 39.0 Å². The Hall–Kier alpha value is -0.240. The monoisotopic (exact) mass is 326 g/mol. The van der Waals surface area contributed by atoms with E-state index in [9.17, 15) is 0 Å². The molecule has 3 heteroatoms. The van der Waals surface area contributed by atoms with Gasteiger partial charge in [0.05, 0.1) is 16.7 Å². The zero-order valence-electron chi connectivity index (χ0n) is 12.8. The second kappa shape index (κ2) is 6.48. The fourth-order valence-corrected chi connectivity index (χ4v) is 4.94. The van der Waals surface area contributed by atoms with Gasteiger partial charge in [0.15, 0.2) is 0 Å². The van der Waals surface area contributed by atoms with E-state index in [0.717, 1.165) is 31.0 Å². The molecule has 3 rings (SSSR count). The number of rotatable bonds is 4. The van der Waals surface area contributed by atoms with Crippen molar-refractivity contribution in [1.29, 1.82) is 0 Å². The molecule has 2 aliphatic rings. The van der Waals surface area contributed by atoms with Crippen molar-refractivity contribution < 1.29 is 4.74 Å². The fourth-order valence-electron chi connectivity index (χ4n) is 4.64. The van der Waals surface area contributed by atoms with Gasteiger partial charge >= 0.3 is 0 Å². The molecule has 0 spiro atoms. The van der Waals surface area contributed by atoms with Crippen LogP contribution < -0.4 is 0 Å². The van der Waals surface area contributed by atoms with E-state index >= 15 is 0 Å². The molecule has 21 heavy (non-hydrogen) atoms. The van der Waals surface area contributed by atoms with Crippen LogP contribution in [0.15, 0.2) is 18.2 Å². The molecule has 2 aliphatic carbocycles. The topological polar surface area (TPSA) is 9.23 Å². The summed E-state index contributed by atoms with van der Waals surface area (Å²) in [6, 6.07) is 6.17. The number of ether oxygens (including phenoxy) is 1. The van der Waals surface area contributed by atoms with E-state index in [-0.39, 0.29) is 0 Å². The summed E-state index contributed by atoms with van der Waals surface area (Å²) in [6.45, 7) is 6.20. The number of hydrogen-bond donors (Lipinski definition) is 0. The van der Waals surface area contributed by atoms with Gasteiger partial charge in [-0.2, -0.15) is 0 Å². The van der Waals surface area contributed by atoms with Crippen molar-refractivity contribution in [1.82, 2.24) is 0 Å². The second-order valence-electron chi connectivity index (χ2n) is 6.70. The van der Waals surface area contributed by atoms with Gasteiger partial charge in [0.1, 0.15) is 0 Å². The Kier molecular flexibility index (Phi) is 4.83. The molecule has 1 nitrogen and oxygen atoms in total. The molecule has 5 atom stereocenters. The lowest BCUT2D eigenvalue weighted by Gasteiger charge is -2.41. The first-order valence-corrected chi connectivity index (χ1v) is 8.90. The van der Waals surface area contributed by atoms with Gasteiger partial charge in [0.2, 0.25) is 0 Å². The highest BCUT2D eigenvalue weighted by atomic mass is 35.5. The summed E-state index contributed by atoms with van der Waals surface area (Å²) >= 11 is 12.3. The highest BCUT2D eigenvalue weighted by Crippen LogP contribution is 2.55. The van der Waals surface area contributed by atoms with E-state index in [1.54, 1.807) is 0 Å². The molecule has 0 saturated heterocycles. The quantitative estimate of drug-likeness (QED) is 0.679. The van der Waals surface area contributed by atoms with Gasteiger partial charge in [-0.15, -0.1) is 0 Å². The maximum atomic E-state index is 6.24. The predicted octanol–water partition coefficient (Wildman–Crippen LogP) is 5.80. The molecule has 0 amide bonds. The van der Waals surface area contributed by atoms with Gasteiger partial charge in [0, 0.05) is 6.61 Å². The highest BCUT2D eigenvalue weighted by molar-refractivity contribution is 6.42. The van der Waals surface area contributed by atoms with Crippen LogP contribution in [0.25, 0.3) is 0 Å². The molecular weight excluding hydrogens is 303 g/mol. The molecule has 2 saturated carbocycles. The smallest absolute Gasteiger partial charge is 0.0595 e. The van der Waals surface area contributed by atoms with Gasteiger partial charge in [0.25, 0.3) is 0 Å². The molecule has 2 fully saturated rings. The van der Waals surface area contributed by atoms with E-state index in [0.29, 0.717) is 21.9 Å². The van der Waals surface area contributed by atoms with Gasteiger partial charge in [-0.3, -0.25) is 0 Å². The van der Waals surface area contributed by atoms with Crippen LogP contribution in [-0.2, 0) is 4.74 Å². The minimum absolute atomic E-state index is 0.569. The molecule has 1 aromatic rings. The van der Waals surface area contributed by atoms with Gasteiger partial charge in [-0.1, -0.05) is 36.2 Å². The minimum Gasteiger partial charge on any atom is -0.381 e. The van der Waals surface area contributed by atoms with Crippen LogP contribution in [0, 0.1) is 23.7 Å². The summed E-state index contributed by atoms with van der Waals surface area (Å²) in [5.74, 6) is 3.70. The lowest BCUT2D eigenvalue weighted by Crippen LogP contribution is -2.35. The van der Waals surface area contributed by atoms with Gasteiger partial charge in [-0.05, 0) is 73.5 Å². The highest BCUT2D eigenvalue weighted by Gasteiger charge is 2.46. The summed E-state index contributed by atoms with van der Waals surface area (Å²) in [7, 11) is 0. The van der Waals surface area contributed by atoms with Crippen LogP contribution in [-0.4, -0.2) is 13.2 Å². The first-order valence-electron chi connectivity index (χ1n) is 8.14. The van der Waals surface area contributed by atoms with Crippen LogP contribution in [0.1, 0.15) is 44.6 Å². The Morgan fingerprint density at radius 2 is 2.00 bits per heavy atom. The summed E-state index contributed by atoms with van der Waals surface area (Å²) in [5, 5.41) is 1.32. The fraction of sp³-hybridized carbons (Fsp3) is 0.667. The summed E-state index contributed by atoms with van der Waals surface area (Å²) in [4.78, 5) is 0. The van der Waals surface area contributed by atoms with E-state index < -0.39 is 0 Å². The molecule has 0 aliphatic heterocycles. The maximum absolute atomic E-state index is 6.24. The van der Waals surface area contributed by atoms with Crippen molar-refractivity contribution in [3.63, 3.8) is 0 Å². The number of fused-ring (bicyclic) bond motifs is 2. The van der Waals surface area contributed by atoms with Crippen molar-refractivity contribution >= 4 is 23.2 Å². The third-order valence-corrected chi connectivity index (χ3v) is 6.54. The van der Waals surface area contributed by atoms with Crippen molar-refractivity contribution in [3.05, 3.63) is 33.8 Å². The second-order valence-corrected chi connectivity index (χ2v) is 7.51. The first-order chi connectivity index (χ1) is 10.1. The average molecular weight is 327 g/mol. The van der Waals surface area contributed by atoms with Gasteiger partial charge < -0.3 is 4.74 Å². The Labute approximate surface area is 138 Å². The Balaban J connectivity index is 1.88. The third kappa shape index (κ3) is 2.98. The number of halogens is 2. The zero-order chi connectivity index (χ0) is 15.0. The SMILES string of the molecule is CCOC[C@H]1C2CCC(C[C@@H]1c1ccc(Cl)c(Cl)c1)C2C. The van der Waals surface area contributed by atoms with Crippen LogP contribution >= 0.6 is 23.2 Å². The van der Waals surface area contributed by atoms with Crippen LogP contribution in [0.4, 0.5) is 0 Å². The Morgan fingerprint density at radius 3 is 2.71 bits per heavy atom. The molecule has 3 unspecified atom stereocenters. The summed E-state index contributed by atoms with van der Waals surface area (Å²) in [6.07, 6.45) is 4.01. The largest absolute Gasteiger partial charge is 0.381 e. The van der Waals surface area contributed by atoms with Gasteiger partial charge in [-0.25, -0.2) is 0 Å². The average Bonchev–Trinajstić information content (AvgIpc) is 2.72. The lowest BCUT2D eigenvalue weighted by molar-refractivity contribution is 0.0361. The third-order valence-electron chi connectivity index (χ3n) is 5.80. The summed E-state index contributed by atoms with van der Waals surface area (Å²) in [5.41, 5.74) is 1.35. The first kappa shape index (κ1) is 15.6. The Bertz CT molecular complexity index is 502. The molecule has 0 radical (unpaired) electrons. The maximum Gasteiger partial charge on any atom is 0.0595 e. The molecule has 2 bridgehead atoms. The zero-order valence-corrected chi connectivity index (χ0v) is 14.3. The molecule has 116 valence electrons. The predicted molar refractivity (Wildman–Crippen MR) is 89.2 cm³/mol. The molecule has 0 N–H and O–H groups in total. The summed E-state index contributed by atoms with van der Waals surface area (Å²) < 4.78 is 5.82. The Morgan fingerprint density at radius 1 is 1.19 bits per heavy atom. The van der Waals surface area contributed by atoms with Crippen LogP contribution in [0.2, 0.25) is 10.0 Å². The van der Waals surface area contributed by atoms with E-state index in [1.165, 1.54) is 24.8 Å². The van der Waals surface area contributed by atoms with E-state index in [2.05, 4.69) is 26.0 Å². The van der Waals surface area contributed by atoms with Crippen molar-refractivity contribution in [2.75, 3.05) is 13.2 Å². The molecule has 0 heterocycles. The number of benzene rings is 1.